The van der Waals surface area contributed by atoms with Gasteiger partial charge in [0.15, 0.2) is 0 Å². The normalized spacial score (nSPS) is 20.5. The summed E-state index contributed by atoms with van der Waals surface area (Å²) in [7, 11) is 1.68. The van der Waals surface area contributed by atoms with Crippen LogP contribution in [0.4, 0.5) is 30.5 Å². The Bertz CT molecular complexity index is 1290. The van der Waals surface area contributed by atoms with E-state index in [0.717, 1.165) is 44.3 Å². The maximum absolute atomic E-state index is 13.8. The number of methoxy groups -OCH3 is 1. The number of alkyl halides is 3. The summed E-state index contributed by atoms with van der Waals surface area (Å²) < 4.78 is 72.2. The predicted molar refractivity (Wildman–Crippen MR) is 152 cm³/mol. The van der Waals surface area contributed by atoms with Crippen molar-refractivity contribution in [1.29, 1.82) is 0 Å². The van der Waals surface area contributed by atoms with Gasteiger partial charge in [0.2, 0.25) is 16.0 Å². The highest BCUT2D eigenvalue weighted by Crippen LogP contribution is 2.40. The highest BCUT2D eigenvalue weighted by Gasteiger charge is 2.37. The zero-order valence-corrected chi connectivity index (χ0v) is 24.0. The minimum Gasteiger partial charge on any atom is -0.494 e. The number of sulfonamides is 1. The number of hydrogen-bond acceptors (Lipinski definition) is 8. The van der Waals surface area contributed by atoms with Crippen LogP contribution in [-0.2, 0) is 22.6 Å². The third kappa shape index (κ3) is 7.48. The third-order valence-corrected chi connectivity index (χ3v) is 9.21. The van der Waals surface area contributed by atoms with Crippen LogP contribution in [0.1, 0.15) is 37.9 Å². The second-order valence-electron chi connectivity index (χ2n) is 10.3. The van der Waals surface area contributed by atoms with Crippen LogP contribution >= 0.6 is 11.6 Å². The standard InChI is InChI=1S/C25H34ClF3N6O3S.CH4/c1-33-7-9-35(10-8-33)22-14-23(38-3)21(13-19(22)26)32-24-30-15-18(25(27,28)29)20(31-24)12-16-5-6-17(11-16)34(2)39(4,36)37;/h13-17H,5-12H2,1-4H3,(H,30,31,32);1H4/t16-,17-;/m1./s1. The number of rotatable bonds is 8. The highest BCUT2D eigenvalue weighted by atomic mass is 35.5. The molecule has 1 saturated carbocycles. The number of halogens is 4. The Kier molecular flexibility index (Phi) is 10.2. The van der Waals surface area contributed by atoms with Gasteiger partial charge in [-0.2, -0.15) is 13.2 Å². The molecule has 0 bridgehead atoms. The van der Waals surface area contributed by atoms with Crippen molar-refractivity contribution in [2.45, 2.75) is 45.3 Å². The summed E-state index contributed by atoms with van der Waals surface area (Å²) in [6.45, 7) is 3.40. The molecule has 1 aliphatic carbocycles. The molecule has 224 valence electrons. The number of likely N-dealkylation sites (N-methyl/N-ethyl adjacent to an activating group) is 1. The molecule has 2 fully saturated rings. The number of nitrogens with zero attached hydrogens (tertiary/aromatic N) is 5. The van der Waals surface area contributed by atoms with Crippen molar-refractivity contribution in [3.8, 4) is 5.75 Å². The molecule has 40 heavy (non-hydrogen) atoms. The lowest BCUT2D eigenvalue weighted by Gasteiger charge is -2.34. The molecule has 0 unspecified atom stereocenters. The van der Waals surface area contributed by atoms with Crippen LogP contribution in [-0.4, -0.2) is 87.3 Å². The van der Waals surface area contributed by atoms with Crippen LogP contribution in [0, 0.1) is 5.92 Å². The minimum atomic E-state index is -4.62. The van der Waals surface area contributed by atoms with Gasteiger partial charge in [0.05, 0.1) is 41.0 Å². The van der Waals surface area contributed by atoms with Gasteiger partial charge < -0.3 is 19.9 Å². The quantitative estimate of drug-likeness (QED) is 0.454. The SMILES string of the molecule is C.COc1cc(N2CCN(C)CC2)c(Cl)cc1Nc1ncc(C(F)(F)F)c(C[C@@H]2CC[C@@H](N(C)S(C)(=O)=O)C2)n1. The number of aromatic nitrogens is 2. The van der Waals surface area contributed by atoms with Crippen molar-refractivity contribution in [1.82, 2.24) is 19.2 Å². The summed E-state index contributed by atoms with van der Waals surface area (Å²) in [5, 5.41) is 3.45. The first-order valence-electron chi connectivity index (χ1n) is 12.7. The average molecular weight is 607 g/mol. The number of ether oxygens (including phenoxy) is 1. The van der Waals surface area contributed by atoms with E-state index >= 15 is 0 Å². The van der Waals surface area contributed by atoms with E-state index in [1.54, 1.807) is 12.1 Å². The van der Waals surface area contributed by atoms with Crippen LogP contribution in [0.15, 0.2) is 18.3 Å². The summed E-state index contributed by atoms with van der Waals surface area (Å²) in [4.78, 5) is 12.6. The molecule has 0 amide bonds. The maximum Gasteiger partial charge on any atom is 0.419 e. The molecule has 0 radical (unpaired) electrons. The second-order valence-corrected chi connectivity index (χ2v) is 12.7. The van der Waals surface area contributed by atoms with E-state index < -0.39 is 21.8 Å². The van der Waals surface area contributed by atoms with Gasteiger partial charge in [-0.3, -0.25) is 0 Å². The molecular weight excluding hydrogens is 569 g/mol. The maximum atomic E-state index is 13.8. The van der Waals surface area contributed by atoms with Gasteiger partial charge >= 0.3 is 6.18 Å². The Labute approximate surface area is 239 Å². The van der Waals surface area contributed by atoms with Gasteiger partial charge in [-0.1, -0.05) is 19.0 Å². The van der Waals surface area contributed by atoms with Gasteiger partial charge in [0.1, 0.15) is 5.75 Å². The van der Waals surface area contributed by atoms with Crippen molar-refractivity contribution in [2.24, 2.45) is 5.92 Å². The zero-order valence-electron chi connectivity index (χ0n) is 22.4. The Morgan fingerprint density at radius 1 is 1.20 bits per heavy atom. The first kappa shape index (κ1) is 32.2. The van der Waals surface area contributed by atoms with E-state index in [9.17, 15) is 21.6 Å². The predicted octanol–water partition coefficient (Wildman–Crippen LogP) is 4.89. The molecule has 2 aliphatic rings. The number of anilines is 3. The number of hydrogen-bond donors (Lipinski definition) is 1. The Morgan fingerprint density at radius 3 is 2.48 bits per heavy atom. The summed E-state index contributed by atoms with van der Waals surface area (Å²) in [5.41, 5.74) is 0.216. The molecule has 0 spiro atoms. The largest absolute Gasteiger partial charge is 0.494 e. The molecule has 1 saturated heterocycles. The second kappa shape index (κ2) is 12.7. The van der Waals surface area contributed by atoms with Crippen LogP contribution in [0.5, 0.6) is 5.75 Å². The van der Waals surface area contributed by atoms with Crippen LogP contribution < -0.4 is 15.0 Å². The van der Waals surface area contributed by atoms with E-state index in [4.69, 9.17) is 16.3 Å². The zero-order chi connectivity index (χ0) is 28.5. The van der Waals surface area contributed by atoms with Crippen molar-refractivity contribution in [3.05, 3.63) is 34.6 Å². The Hall–Kier alpha value is -2.35. The minimum absolute atomic E-state index is 0. The number of piperazine rings is 1. The van der Waals surface area contributed by atoms with Crippen LogP contribution in [0.3, 0.4) is 0 Å². The summed E-state index contributed by atoms with van der Waals surface area (Å²) in [6.07, 6.45) is -1.01. The molecular formula is C26H38ClF3N6O3S. The van der Waals surface area contributed by atoms with Gasteiger partial charge in [0.25, 0.3) is 0 Å². The highest BCUT2D eigenvalue weighted by molar-refractivity contribution is 7.88. The van der Waals surface area contributed by atoms with Crippen LogP contribution in [0.25, 0.3) is 0 Å². The third-order valence-electron chi connectivity index (χ3n) is 7.57. The fraction of sp³-hybridized carbons (Fsp3) is 0.615. The average Bonchev–Trinajstić information content (AvgIpc) is 3.31. The first-order valence-corrected chi connectivity index (χ1v) is 14.9. The smallest absolute Gasteiger partial charge is 0.419 e. The fourth-order valence-corrected chi connectivity index (χ4v) is 6.21. The fourth-order valence-electron chi connectivity index (χ4n) is 5.20. The summed E-state index contributed by atoms with van der Waals surface area (Å²) in [6, 6.07) is 3.22. The molecule has 1 aliphatic heterocycles. The Morgan fingerprint density at radius 2 is 1.88 bits per heavy atom. The number of benzene rings is 1. The van der Waals surface area contributed by atoms with E-state index in [0.29, 0.717) is 35.7 Å². The van der Waals surface area contributed by atoms with Crippen LogP contribution in [0.2, 0.25) is 5.02 Å². The monoisotopic (exact) mass is 606 g/mol. The topological polar surface area (TPSA) is 90.9 Å². The first-order chi connectivity index (χ1) is 18.3. The van der Waals surface area contributed by atoms with E-state index in [2.05, 4.69) is 32.1 Å². The molecule has 4 rings (SSSR count). The van der Waals surface area contributed by atoms with Crippen molar-refractivity contribution < 1.29 is 26.3 Å². The summed E-state index contributed by atoms with van der Waals surface area (Å²) >= 11 is 6.61. The lowest BCUT2D eigenvalue weighted by atomic mass is 9.98. The van der Waals surface area contributed by atoms with E-state index in [-0.39, 0.29) is 37.4 Å². The Balaban J connectivity index is 0.00000441. The van der Waals surface area contributed by atoms with E-state index in [1.807, 2.05) is 0 Å². The van der Waals surface area contributed by atoms with Gasteiger partial charge in [-0.15, -0.1) is 0 Å². The molecule has 1 aromatic heterocycles. The van der Waals surface area contributed by atoms with Crippen molar-refractivity contribution >= 4 is 38.9 Å². The lowest BCUT2D eigenvalue weighted by Crippen LogP contribution is -2.44. The molecule has 1 N–H and O–H groups in total. The van der Waals surface area contributed by atoms with Crippen molar-refractivity contribution in [2.75, 3.05) is 63.9 Å². The molecule has 14 heteroatoms. The van der Waals surface area contributed by atoms with Crippen molar-refractivity contribution in [3.63, 3.8) is 0 Å². The summed E-state index contributed by atoms with van der Waals surface area (Å²) in [5.74, 6) is 0.304. The van der Waals surface area contributed by atoms with Gasteiger partial charge in [0, 0.05) is 51.5 Å². The molecule has 9 nitrogen and oxygen atoms in total. The van der Waals surface area contributed by atoms with Gasteiger partial charge in [-0.25, -0.2) is 22.7 Å². The molecule has 2 aromatic rings. The number of nitrogens with one attached hydrogen (secondary N) is 1. The van der Waals surface area contributed by atoms with E-state index in [1.165, 1.54) is 18.5 Å². The molecule has 2 heterocycles. The molecule has 2 atom stereocenters. The molecule has 1 aromatic carbocycles. The van der Waals surface area contributed by atoms with Gasteiger partial charge in [-0.05, 0) is 44.7 Å². The lowest BCUT2D eigenvalue weighted by molar-refractivity contribution is -0.138.